The first-order valence-corrected chi connectivity index (χ1v) is 5.71. The van der Waals surface area contributed by atoms with E-state index in [2.05, 4.69) is 10.3 Å². The number of rotatable bonds is 5. The number of hydrogen-bond acceptors (Lipinski definition) is 5. The predicted octanol–water partition coefficient (Wildman–Crippen LogP) is 2.03. The van der Waals surface area contributed by atoms with Crippen molar-refractivity contribution in [3.8, 4) is 0 Å². The number of nitrogen functional groups attached to an aromatic ring is 1. The molecule has 0 radical (unpaired) electrons. The van der Waals surface area contributed by atoms with Crippen LogP contribution in [0.15, 0.2) is 12.3 Å². The standard InChI is InChI=1S/C9H10F3N3O2S/c10-9(11,12)18-2-1-14-7-6(13)3-5(4-15-7)8(16)17/h3-4H,1-2,13H2,(H,14,15)(H,16,17). The molecule has 9 heteroatoms. The Morgan fingerprint density at radius 1 is 1.56 bits per heavy atom. The van der Waals surface area contributed by atoms with Crippen molar-refractivity contribution in [1.29, 1.82) is 0 Å². The number of carboxylic acid groups (broad SMARTS) is 1. The molecule has 0 unspecified atom stereocenters. The Labute approximate surface area is 105 Å². The lowest BCUT2D eigenvalue weighted by atomic mass is 10.2. The van der Waals surface area contributed by atoms with Crippen molar-refractivity contribution >= 4 is 29.2 Å². The Bertz CT molecular complexity index is 440. The predicted molar refractivity (Wildman–Crippen MR) is 62.6 cm³/mol. The summed E-state index contributed by atoms with van der Waals surface area (Å²) in [7, 11) is 0. The minimum atomic E-state index is -4.27. The molecule has 1 heterocycles. The van der Waals surface area contributed by atoms with Gasteiger partial charge in [0.15, 0.2) is 0 Å². The van der Waals surface area contributed by atoms with Crippen molar-refractivity contribution in [2.75, 3.05) is 23.3 Å². The van der Waals surface area contributed by atoms with Crippen LogP contribution in [-0.2, 0) is 0 Å². The normalized spacial score (nSPS) is 11.3. The summed E-state index contributed by atoms with van der Waals surface area (Å²) in [5.41, 5.74) is 1.23. The smallest absolute Gasteiger partial charge is 0.441 e. The summed E-state index contributed by atoms with van der Waals surface area (Å²) < 4.78 is 35.5. The van der Waals surface area contributed by atoms with Gasteiger partial charge in [-0.05, 0) is 17.8 Å². The monoisotopic (exact) mass is 281 g/mol. The van der Waals surface area contributed by atoms with E-state index in [4.69, 9.17) is 10.8 Å². The molecule has 4 N–H and O–H groups in total. The fourth-order valence-corrected chi connectivity index (χ4v) is 1.52. The summed E-state index contributed by atoms with van der Waals surface area (Å²) in [6, 6.07) is 1.19. The highest BCUT2D eigenvalue weighted by Crippen LogP contribution is 2.29. The molecule has 0 amide bonds. The Balaban J connectivity index is 2.51. The number of alkyl halides is 3. The number of aromatic nitrogens is 1. The van der Waals surface area contributed by atoms with Gasteiger partial charge in [0.25, 0.3) is 0 Å². The average Bonchev–Trinajstić information content (AvgIpc) is 2.24. The van der Waals surface area contributed by atoms with E-state index in [9.17, 15) is 18.0 Å². The van der Waals surface area contributed by atoms with Gasteiger partial charge >= 0.3 is 11.5 Å². The molecule has 1 aromatic rings. The quantitative estimate of drug-likeness (QED) is 0.716. The van der Waals surface area contributed by atoms with Crippen LogP contribution < -0.4 is 11.1 Å². The number of carboxylic acids is 1. The Hall–Kier alpha value is -1.64. The minimum absolute atomic E-state index is 0.0216. The fourth-order valence-electron chi connectivity index (χ4n) is 1.08. The summed E-state index contributed by atoms with van der Waals surface area (Å²) in [5, 5.41) is 11.3. The van der Waals surface area contributed by atoms with Crippen molar-refractivity contribution in [2.45, 2.75) is 5.51 Å². The number of thioether (sulfide) groups is 1. The van der Waals surface area contributed by atoms with Crippen LogP contribution in [-0.4, -0.2) is 33.9 Å². The SMILES string of the molecule is Nc1cc(C(=O)O)cnc1NCCSC(F)(F)F. The molecule has 0 fully saturated rings. The van der Waals surface area contributed by atoms with Gasteiger partial charge in [0.2, 0.25) is 0 Å². The summed E-state index contributed by atoms with van der Waals surface area (Å²) in [6.07, 6.45) is 1.08. The molecule has 0 bridgehead atoms. The second-order valence-electron chi connectivity index (χ2n) is 3.19. The molecule has 5 nitrogen and oxygen atoms in total. The molecule has 0 atom stereocenters. The zero-order chi connectivity index (χ0) is 13.8. The van der Waals surface area contributed by atoms with Crippen LogP contribution in [0.3, 0.4) is 0 Å². The van der Waals surface area contributed by atoms with Crippen molar-refractivity contribution in [3.05, 3.63) is 17.8 Å². The zero-order valence-corrected chi connectivity index (χ0v) is 9.81. The van der Waals surface area contributed by atoms with Crippen LogP contribution in [0.1, 0.15) is 10.4 Å². The second kappa shape index (κ2) is 5.80. The molecule has 0 saturated carbocycles. The van der Waals surface area contributed by atoms with Gasteiger partial charge in [-0.1, -0.05) is 0 Å². The third-order valence-corrected chi connectivity index (χ3v) is 2.56. The Morgan fingerprint density at radius 2 is 2.22 bits per heavy atom. The molecule has 0 aliphatic heterocycles. The number of aromatic carboxylic acids is 1. The summed E-state index contributed by atoms with van der Waals surface area (Å²) in [6.45, 7) is 0.0216. The zero-order valence-electron chi connectivity index (χ0n) is 8.99. The Morgan fingerprint density at radius 3 is 2.72 bits per heavy atom. The van der Waals surface area contributed by atoms with Crippen LogP contribution in [0.4, 0.5) is 24.7 Å². The summed E-state index contributed by atoms with van der Waals surface area (Å²) in [5.74, 6) is -1.19. The van der Waals surface area contributed by atoms with Crippen LogP contribution >= 0.6 is 11.8 Å². The van der Waals surface area contributed by atoms with Gasteiger partial charge in [0.05, 0.1) is 11.3 Å². The van der Waals surface area contributed by atoms with Crippen LogP contribution in [0.2, 0.25) is 0 Å². The number of carbonyl (C=O) groups is 1. The van der Waals surface area contributed by atoms with Gasteiger partial charge in [0, 0.05) is 18.5 Å². The number of hydrogen-bond donors (Lipinski definition) is 3. The highest BCUT2D eigenvalue weighted by molar-refractivity contribution is 8.00. The Kier molecular flexibility index (Phi) is 4.65. The minimum Gasteiger partial charge on any atom is -0.478 e. The van der Waals surface area contributed by atoms with Gasteiger partial charge < -0.3 is 16.2 Å². The molecular formula is C9H10F3N3O2S. The molecule has 1 rings (SSSR count). The van der Waals surface area contributed by atoms with Crippen LogP contribution in [0.25, 0.3) is 0 Å². The lowest BCUT2D eigenvalue weighted by Crippen LogP contribution is -2.12. The molecule has 0 aromatic carbocycles. The van der Waals surface area contributed by atoms with E-state index in [-0.39, 0.29) is 41.1 Å². The van der Waals surface area contributed by atoms with Crippen molar-refractivity contribution < 1.29 is 23.1 Å². The number of halogens is 3. The number of pyridine rings is 1. The maximum absolute atomic E-state index is 11.8. The first kappa shape index (κ1) is 14.4. The van der Waals surface area contributed by atoms with E-state index >= 15 is 0 Å². The first-order valence-electron chi connectivity index (χ1n) is 4.73. The van der Waals surface area contributed by atoms with Gasteiger partial charge in [-0.2, -0.15) is 13.2 Å². The number of nitrogens with one attached hydrogen (secondary N) is 1. The van der Waals surface area contributed by atoms with Gasteiger partial charge in [-0.25, -0.2) is 9.78 Å². The molecular weight excluding hydrogens is 271 g/mol. The number of anilines is 2. The number of nitrogens with zero attached hydrogens (tertiary/aromatic N) is 1. The maximum Gasteiger partial charge on any atom is 0.441 e. The van der Waals surface area contributed by atoms with Crippen molar-refractivity contribution in [1.82, 2.24) is 4.98 Å². The van der Waals surface area contributed by atoms with Crippen molar-refractivity contribution in [3.63, 3.8) is 0 Å². The summed E-state index contributed by atoms with van der Waals surface area (Å²) in [4.78, 5) is 14.3. The fraction of sp³-hybridized carbons (Fsp3) is 0.333. The largest absolute Gasteiger partial charge is 0.478 e. The lowest BCUT2D eigenvalue weighted by Gasteiger charge is -2.09. The molecule has 0 aliphatic carbocycles. The lowest BCUT2D eigenvalue weighted by molar-refractivity contribution is -0.0327. The van der Waals surface area contributed by atoms with E-state index in [1.54, 1.807) is 0 Å². The molecule has 18 heavy (non-hydrogen) atoms. The third kappa shape index (κ3) is 4.70. The van der Waals surface area contributed by atoms with E-state index < -0.39 is 11.5 Å². The maximum atomic E-state index is 11.8. The van der Waals surface area contributed by atoms with Crippen LogP contribution in [0.5, 0.6) is 0 Å². The van der Waals surface area contributed by atoms with Crippen LogP contribution in [0, 0.1) is 0 Å². The van der Waals surface area contributed by atoms with Crippen molar-refractivity contribution in [2.24, 2.45) is 0 Å². The molecule has 1 aromatic heterocycles. The molecule has 0 spiro atoms. The second-order valence-corrected chi connectivity index (χ2v) is 4.35. The van der Waals surface area contributed by atoms with Gasteiger partial charge in [-0.15, -0.1) is 0 Å². The third-order valence-electron chi connectivity index (χ3n) is 1.82. The van der Waals surface area contributed by atoms with E-state index in [1.165, 1.54) is 6.07 Å². The van der Waals surface area contributed by atoms with Gasteiger partial charge in [0.1, 0.15) is 5.82 Å². The first-order chi connectivity index (χ1) is 8.29. The topological polar surface area (TPSA) is 88.2 Å². The molecule has 0 aliphatic rings. The highest BCUT2D eigenvalue weighted by atomic mass is 32.2. The van der Waals surface area contributed by atoms with E-state index in [0.29, 0.717) is 0 Å². The molecule has 100 valence electrons. The van der Waals surface area contributed by atoms with Gasteiger partial charge in [-0.3, -0.25) is 0 Å². The van der Waals surface area contributed by atoms with E-state index in [1.807, 2.05) is 0 Å². The highest BCUT2D eigenvalue weighted by Gasteiger charge is 2.27. The number of nitrogens with two attached hydrogens (primary N) is 1. The summed E-state index contributed by atoms with van der Waals surface area (Å²) >= 11 is -0.158. The van der Waals surface area contributed by atoms with E-state index in [0.717, 1.165) is 6.20 Å². The molecule has 0 saturated heterocycles. The average molecular weight is 281 g/mol.